The third-order valence-corrected chi connectivity index (χ3v) is 6.40. The molecule has 1 aromatic carbocycles. The zero-order chi connectivity index (χ0) is 16.6. The monoisotopic (exact) mass is 358 g/mol. The number of rotatable bonds is 4. The van der Waals surface area contributed by atoms with Crippen molar-refractivity contribution in [1.82, 2.24) is 4.90 Å². The SMILES string of the molecule is C[C@]12CCC(=O)N1[C@H](C(=O)Nc1ccccc1SC(F)F)CS2. The Morgan fingerprint density at radius 3 is 2.96 bits per heavy atom. The van der Waals surface area contributed by atoms with E-state index in [1.807, 2.05) is 6.92 Å². The molecule has 2 heterocycles. The maximum absolute atomic E-state index is 12.6. The van der Waals surface area contributed by atoms with Gasteiger partial charge in [-0.25, -0.2) is 0 Å². The van der Waals surface area contributed by atoms with Crippen molar-refractivity contribution in [1.29, 1.82) is 0 Å². The van der Waals surface area contributed by atoms with Crippen LogP contribution in [0.5, 0.6) is 0 Å². The van der Waals surface area contributed by atoms with Crippen LogP contribution in [0.2, 0.25) is 0 Å². The number of anilines is 1. The molecule has 1 aromatic rings. The van der Waals surface area contributed by atoms with E-state index in [0.29, 0.717) is 34.5 Å². The summed E-state index contributed by atoms with van der Waals surface area (Å²) in [4.78, 5) is 26.3. The van der Waals surface area contributed by atoms with Gasteiger partial charge in [0.1, 0.15) is 6.04 Å². The number of carbonyl (C=O) groups excluding carboxylic acids is 2. The van der Waals surface area contributed by atoms with Crippen molar-refractivity contribution in [3.8, 4) is 0 Å². The fraction of sp³-hybridized carbons (Fsp3) is 0.467. The summed E-state index contributed by atoms with van der Waals surface area (Å²) < 4.78 is 25.2. The number of para-hydroxylation sites is 1. The minimum absolute atomic E-state index is 0.0205. The summed E-state index contributed by atoms with van der Waals surface area (Å²) in [6.07, 6.45) is 1.18. The Kier molecular flexibility index (Phi) is 4.55. The van der Waals surface area contributed by atoms with Gasteiger partial charge < -0.3 is 10.2 Å². The van der Waals surface area contributed by atoms with Gasteiger partial charge >= 0.3 is 0 Å². The average molecular weight is 358 g/mol. The molecule has 23 heavy (non-hydrogen) atoms. The van der Waals surface area contributed by atoms with Crippen LogP contribution in [0.1, 0.15) is 19.8 Å². The molecular formula is C15H16F2N2O2S2. The molecule has 3 rings (SSSR count). The van der Waals surface area contributed by atoms with Gasteiger partial charge in [0, 0.05) is 17.1 Å². The van der Waals surface area contributed by atoms with Gasteiger partial charge in [0.25, 0.3) is 5.76 Å². The minimum atomic E-state index is -2.56. The topological polar surface area (TPSA) is 49.4 Å². The van der Waals surface area contributed by atoms with Crippen LogP contribution < -0.4 is 5.32 Å². The second kappa shape index (κ2) is 6.32. The van der Waals surface area contributed by atoms with Gasteiger partial charge in [0.05, 0.1) is 10.6 Å². The van der Waals surface area contributed by atoms with Crippen molar-refractivity contribution in [2.45, 2.75) is 41.3 Å². The summed E-state index contributed by atoms with van der Waals surface area (Å²) in [6, 6.07) is 5.91. The highest BCUT2D eigenvalue weighted by atomic mass is 32.2. The molecular weight excluding hydrogens is 342 g/mol. The summed E-state index contributed by atoms with van der Waals surface area (Å²) in [5.41, 5.74) is 0.355. The smallest absolute Gasteiger partial charge is 0.288 e. The first-order valence-electron chi connectivity index (χ1n) is 7.21. The van der Waals surface area contributed by atoms with Crippen LogP contribution in [-0.2, 0) is 9.59 Å². The number of amides is 2. The number of alkyl halides is 2. The number of thioether (sulfide) groups is 2. The van der Waals surface area contributed by atoms with Gasteiger partial charge in [-0.3, -0.25) is 9.59 Å². The molecule has 0 radical (unpaired) electrons. The summed E-state index contributed by atoms with van der Waals surface area (Å²) in [7, 11) is 0. The van der Waals surface area contributed by atoms with Crippen molar-refractivity contribution < 1.29 is 18.4 Å². The Morgan fingerprint density at radius 1 is 1.48 bits per heavy atom. The third-order valence-electron chi connectivity index (χ3n) is 4.11. The highest BCUT2D eigenvalue weighted by molar-refractivity contribution is 8.01. The lowest BCUT2D eigenvalue weighted by Gasteiger charge is -2.30. The zero-order valence-corrected chi connectivity index (χ0v) is 14.1. The van der Waals surface area contributed by atoms with E-state index in [2.05, 4.69) is 5.32 Å². The molecule has 0 aliphatic carbocycles. The average Bonchev–Trinajstić information content (AvgIpc) is 2.98. The fourth-order valence-electron chi connectivity index (χ4n) is 3.00. The van der Waals surface area contributed by atoms with Crippen molar-refractivity contribution in [3.63, 3.8) is 0 Å². The van der Waals surface area contributed by atoms with Gasteiger partial charge in [0.15, 0.2) is 0 Å². The fourth-order valence-corrected chi connectivity index (χ4v) is 5.03. The predicted octanol–water partition coefficient (Wildman–Crippen LogP) is 3.39. The van der Waals surface area contributed by atoms with Gasteiger partial charge in [0.2, 0.25) is 11.8 Å². The molecule has 0 saturated carbocycles. The first-order valence-corrected chi connectivity index (χ1v) is 9.08. The Morgan fingerprint density at radius 2 is 2.22 bits per heavy atom. The third kappa shape index (κ3) is 3.19. The van der Waals surface area contributed by atoms with E-state index in [1.165, 1.54) is 0 Å². The Hall–Kier alpha value is -1.28. The van der Waals surface area contributed by atoms with E-state index >= 15 is 0 Å². The molecule has 0 bridgehead atoms. The minimum Gasteiger partial charge on any atom is -0.323 e. The highest BCUT2D eigenvalue weighted by Gasteiger charge is 2.52. The lowest BCUT2D eigenvalue weighted by molar-refractivity contribution is -0.135. The van der Waals surface area contributed by atoms with Gasteiger partial charge in [-0.1, -0.05) is 23.9 Å². The number of nitrogens with one attached hydrogen (secondary N) is 1. The van der Waals surface area contributed by atoms with E-state index < -0.39 is 11.8 Å². The largest absolute Gasteiger partial charge is 0.323 e. The first kappa shape index (κ1) is 16.6. The van der Waals surface area contributed by atoms with E-state index in [4.69, 9.17) is 0 Å². The molecule has 0 aromatic heterocycles. The maximum atomic E-state index is 12.6. The molecule has 8 heteroatoms. The molecule has 0 spiro atoms. The zero-order valence-electron chi connectivity index (χ0n) is 12.4. The van der Waals surface area contributed by atoms with Gasteiger partial charge in [-0.15, -0.1) is 11.8 Å². The molecule has 2 amide bonds. The van der Waals surface area contributed by atoms with Crippen molar-refractivity contribution in [2.24, 2.45) is 0 Å². The normalized spacial score (nSPS) is 26.7. The number of nitrogens with zero attached hydrogens (tertiary/aromatic N) is 1. The van der Waals surface area contributed by atoms with Crippen molar-refractivity contribution in [2.75, 3.05) is 11.1 Å². The van der Waals surface area contributed by atoms with Gasteiger partial charge in [-0.2, -0.15) is 8.78 Å². The standard InChI is InChI=1S/C15H16F2N2O2S2/c1-15-7-6-12(20)19(15)10(8-22-15)13(21)18-9-4-2-3-5-11(9)23-14(16)17/h2-5,10,14H,6-8H2,1H3,(H,18,21)/t10-,15-/m0/s1. The molecule has 2 saturated heterocycles. The molecule has 4 nitrogen and oxygen atoms in total. The Labute approximate surface area is 141 Å². The lowest BCUT2D eigenvalue weighted by atomic mass is 10.2. The summed E-state index contributed by atoms with van der Waals surface area (Å²) >= 11 is 1.99. The number of hydrogen-bond donors (Lipinski definition) is 1. The summed E-state index contributed by atoms with van der Waals surface area (Å²) in [6.45, 7) is 1.97. The number of fused-ring (bicyclic) bond motifs is 1. The van der Waals surface area contributed by atoms with E-state index in [-0.39, 0.29) is 16.7 Å². The van der Waals surface area contributed by atoms with Crippen LogP contribution >= 0.6 is 23.5 Å². The number of benzene rings is 1. The first-order chi connectivity index (χ1) is 10.9. The van der Waals surface area contributed by atoms with Crippen LogP contribution in [-0.4, -0.2) is 39.1 Å². The lowest BCUT2D eigenvalue weighted by Crippen LogP contribution is -2.48. The van der Waals surface area contributed by atoms with Gasteiger partial charge in [-0.05, 0) is 25.5 Å². The van der Waals surface area contributed by atoms with Crippen molar-refractivity contribution in [3.05, 3.63) is 24.3 Å². The van der Waals surface area contributed by atoms with Crippen LogP contribution in [0.4, 0.5) is 14.5 Å². The number of halogens is 2. The molecule has 2 aliphatic rings. The van der Waals surface area contributed by atoms with Crippen LogP contribution in [0.15, 0.2) is 29.2 Å². The van der Waals surface area contributed by atoms with Crippen LogP contribution in [0.25, 0.3) is 0 Å². The van der Waals surface area contributed by atoms with E-state index in [0.717, 1.165) is 6.42 Å². The summed E-state index contributed by atoms with van der Waals surface area (Å²) in [5, 5.41) is 2.71. The highest BCUT2D eigenvalue weighted by Crippen LogP contribution is 2.47. The molecule has 2 fully saturated rings. The molecule has 0 unspecified atom stereocenters. The molecule has 1 N–H and O–H groups in total. The maximum Gasteiger partial charge on any atom is 0.288 e. The Bertz CT molecular complexity index is 644. The second-order valence-electron chi connectivity index (χ2n) is 5.63. The number of hydrogen-bond acceptors (Lipinski definition) is 4. The Balaban J connectivity index is 1.77. The van der Waals surface area contributed by atoms with E-state index in [9.17, 15) is 18.4 Å². The molecule has 124 valence electrons. The molecule has 2 atom stereocenters. The van der Waals surface area contributed by atoms with E-state index in [1.54, 1.807) is 40.9 Å². The quantitative estimate of drug-likeness (QED) is 0.838. The molecule has 2 aliphatic heterocycles. The van der Waals surface area contributed by atoms with Crippen molar-refractivity contribution >= 4 is 41.0 Å². The second-order valence-corrected chi connectivity index (χ2v) is 8.16. The number of carbonyl (C=O) groups is 2. The van der Waals surface area contributed by atoms with Crippen LogP contribution in [0, 0.1) is 0 Å². The van der Waals surface area contributed by atoms with Crippen LogP contribution in [0.3, 0.4) is 0 Å². The summed E-state index contributed by atoms with van der Waals surface area (Å²) in [5.74, 6) is -2.37. The predicted molar refractivity (Wildman–Crippen MR) is 87.7 cm³/mol.